The number of esters is 2. The number of allylic oxidation sites excluding steroid dienone is 2. The van der Waals surface area contributed by atoms with Crippen LogP contribution in [-0.2, 0) is 33.3 Å². The van der Waals surface area contributed by atoms with Crippen molar-refractivity contribution in [2.24, 2.45) is 50.2 Å². The van der Waals surface area contributed by atoms with Crippen molar-refractivity contribution in [2.45, 2.75) is 194 Å². The van der Waals surface area contributed by atoms with Gasteiger partial charge >= 0.3 is 11.9 Å². The number of ether oxygens (including phenoxy) is 5. The molecule has 7 rings (SSSR count). The summed E-state index contributed by atoms with van der Waals surface area (Å²) in [7, 11) is 0. The zero-order valence-electron chi connectivity index (χ0n) is 35.8. The Morgan fingerprint density at radius 3 is 2.05 bits per heavy atom. The predicted octanol–water partition coefficient (Wildman–Crippen LogP) is 2.89. The first-order valence-electron chi connectivity index (χ1n) is 21.7. The van der Waals surface area contributed by atoms with Gasteiger partial charge in [-0.3, -0.25) is 9.59 Å². The van der Waals surface area contributed by atoms with E-state index in [0.717, 1.165) is 38.5 Å². The van der Waals surface area contributed by atoms with Gasteiger partial charge in [0.25, 0.3) is 0 Å². The first kappa shape index (κ1) is 44.3. The maximum absolute atomic E-state index is 14.0. The van der Waals surface area contributed by atoms with E-state index in [1.165, 1.54) is 12.5 Å². The largest absolute Gasteiger partial charge is 0.457 e. The van der Waals surface area contributed by atoms with Crippen molar-refractivity contribution in [1.82, 2.24) is 0 Å². The van der Waals surface area contributed by atoms with Crippen LogP contribution in [-0.4, -0.2) is 128 Å². The van der Waals surface area contributed by atoms with E-state index in [1.54, 1.807) is 13.8 Å². The third-order valence-corrected chi connectivity index (χ3v) is 17.9. The Kier molecular flexibility index (Phi) is 11.5. The molecule has 0 spiro atoms. The minimum absolute atomic E-state index is 0.0127. The smallest absolute Gasteiger partial charge is 0.314 e. The summed E-state index contributed by atoms with van der Waals surface area (Å²) in [5.74, 6) is -1.11. The minimum Gasteiger partial charge on any atom is -0.457 e. The molecular weight excluding hydrogens is 752 g/mol. The molecule has 2 saturated heterocycles. The van der Waals surface area contributed by atoms with E-state index < -0.39 is 102 Å². The average Bonchev–Trinajstić information content (AvgIpc) is 3.15. The Balaban J connectivity index is 1.13. The SMILES string of the molecule is CC(=O)OC1C(C)OC(OCC2(C)C(O)CC(O)C3(C)C2CCC2(C)C3CC=C3C4CC(C)(C(=O)OC5OC(C)C(O)C(O)C5O)CCC4(C)CCC32C)C(O)C1O. The van der Waals surface area contributed by atoms with Gasteiger partial charge in [-0.05, 0) is 106 Å². The minimum atomic E-state index is -1.57. The van der Waals surface area contributed by atoms with Gasteiger partial charge in [-0.1, -0.05) is 46.3 Å². The third-order valence-electron chi connectivity index (χ3n) is 17.9. The van der Waals surface area contributed by atoms with Crippen molar-refractivity contribution in [3.63, 3.8) is 0 Å². The summed E-state index contributed by atoms with van der Waals surface area (Å²) < 4.78 is 28.9. The summed E-state index contributed by atoms with van der Waals surface area (Å²) in [6, 6.07) is 0. The van der Waals surface area contributed by atoms with E-state index in [2.05, 4.69) is 33.8 Å². The van der Waals surface area contributed by atoms with Gasteiger partial charge in [0.1, 0.15) is 30.5 Å². The molecule has 6 fully saturated rings. The Morgan fingerprint density at radius 2 is 1.38 bits per heavy atom. The second-order valence-corrected chi connectivity index (χ2v) is 21.1. The lowest BCUT2D eigenvalue weighted by Crippen LogP contribution is -2.69. The van der Waals surface area contributed by atoms with Crippen LogP contribution in [0.2, 0.25) is 0 Å². The van der Waals surface area contributed by atoms with Crippen molar-refractivity contribution >= 4 is 11.9 Å². The van der Waals surface area contributed by atoms with Crippen molar-refractivity contribution < 1.29 is 69.0 Å². The Labute approximate surface area is 342 Å². The summed E-state index contributed by atoms with van der Waals surface area (Å²) >= 11 is 0. The molecule has 0 bridgehead atoms. The lowest BCUT2D eigenvalue weighted by molar-refractivity contribution is -0.315. The first-order valence-corrected chi connectivity index (χ1v) is 21.7. The number of hydrogen-bond donors (Lipinski definition) is 7. The summed E-state index contributed by atoms with van der Waals surface area (Å²) in [5, 5.41) is 76.9. The molecule has 330 valence electrons. The molecule has 21 atom stereocenters. The summed E-state index contributed by atoms with van der Waals surface area (Å²) in [5.41, 5.74) is -1.47. The maximum atomic E-state index is 14.0. The van der Waals surface area contributed by atoms with Crippen molar-refractivity contribution in [2.75, 3.05) is 6.61 Å². The molecule has 21 unspecified atom stereocenters. The molecule has 14 heteroatoms. The van der Waals surface area contributed by atoms with Crippen LogP contribution in [0.15, 0.2) is 11.6 Å². The van der Waals surface area contributed by atoms with Crippen LogP contribution in [0.1, 0.15) is 120 Å². The Morgan fingerprint density at radius 1 is 0.741 bits per heavy atom. The van der Waals surface area contributed by atoms with Crippen LogP contribution < -0.4 is 0 Å². The molecule has 5 aliphatic carbocycles. The zero-order valence-corrected chi connectivity index (χ0v) is 35.8. The lowest BCUT2D eigenvalue weighted by Gasteiger charge is -2.72. The molecular formula is C44H70O14. The van der Waals surface area contributed by atoms with Crippen LogP contribution in [0.25, 0.3) is 0 Å². The number of aliphatic hydroxyl groups is 7. The van der Waals surface area contributed by atoms with E-state index in [1.807, 2.05) is 13.8 Å². The Bertz CT molecular complexity index is 1620. The zero-order chi connectivity index (χ0) is 42.7. The quantitative estimate of drug-likeness (QED) is 0.151. The van der Waals surface area contributed by atoms with Crippen molar-refractivity contribution in [3.8, 4) is 0 Å². The summed E-state index contributed by atoms with van der Waals surface area (Å²) in [6.45, 7) is 17.6. The van der Waals surface area contributed by atoms with Crippen LogP contribution in [0, 0.1) is 50.2 Å². The predicted molar refractivity (Wildman–Crippen MR) is 207 cm³/mol. The molecule has 0 amide bonds. The molecule has 7 aliphatic rings. The highest BCUT2D eigenvalue weighted by molar-refractivity contribution is 5.77. The molecule has 2 aliphatic heterocycles. The van der Waals surface area contributed by atoms with E-state index in [4.69, 9.17) is 23.7 Å². The van der Waals surface area contributed by atoms with E-state index in [0.29, 0.717) is 12.8 Å². The fourth-order valence-electron chi connectivity index (χ4n) is 13.6. The van der Waals surface area contributed by atoms with Crippen LogP contribution in [0.3, 0.4) is 0 Å². The van der Waals surface area contributed by atoms with Crippen molar-refractivity contribution in [1.29, 1.82) is 0 Å². The number of fused-ring (bicyclic) bond motifs is 7. The molecule has 2 heterocycles. The molecule has 14 nitrogen and oxygen atoms in total. The topological polar surface area (TPSA) is 222 Å². The van der Waals surface area contributed by atoms with Gasteiger partial charge in [-0.2, -0.15) is 0 Å². The highest BCUT2D eigenvalue weighted by Crippen LogP contribution is 2.75. The number of carbonyl (C=O) groups is 2. The molecule has 0 aromatic carbocycles. The van der Waals surface area contributed by atoms with Gasteiger partial charge in [0.15, 0.2) is 12.4 Å². The van der Waals surface area contributed by atoms with Gasteiger partial charge < -0.3 is 59.4 Å². The highest BCUT2D eigenvalue weighted by atomic mass is 16.7. The molecule has 0 aromatic heterocycles. The third kappa shape index (κ3) is 6.56. The molecule has 7 N–H and O–H groups in total. The molecule has 0 radical (unpaired) electrons. The molecule has 4 saturated carbocycles. The van der Waals surface area contributed by atoms with E-state index in [9.17, 15) is 45.3 Å². The maximum Gasteiger partial charge on any atom is 0.314 e. The fraction of sp³-hybridized carbons (Fsp3) is 0.909. The van der Waals surface area contributed by atoms with Gasteiger partial charge in [0.2, 0.25) is 6.29 Å². The van der Waals surface area contributed by atoms with Crippen LogP contribution in [0.5, 0.6) is 0 Å². The number of aliphatic hydroxyl groups excluding tert-OH is 7. The highest BCUT2D eigenvalue weighted by Gasteiger charge is 2.71. The van der Waals surface area contributed by atoms with E-state index >= 15 is 0 Å². The van der Waals surface area contributed by atoms with Crippen LogP contribution in [0.4, 0.5) is 0 Å². The molecule has 58 heavy (non-hydrogen) atoms. The number of carbonyl (C=O) groups excluding carboxylic acids is 2. The van der Waals surface area contributed by atoms with Gasteiger partial charge in [0, 0.05) is 24.2 Å². The molecule has 0 aromatic rings. The number of rotatable bonds is 6. The number of hydrogen-bond acceptors (Lipinski definition) is 14. The van der Waals surface area contributed by atoms with Gasteiger partial charge in [0.05, 0.1) is 36.4 Å². The Hall–Kier alpha value is -1.72. The fourth-order valence-corrected chi connectivity index (χ4v) is 13.6. The second kappa shape index (κ2) is 15.0. The summed E-state index contributed by atoms with van der Waals surface area (Å²) in [6.07, 6.45) is -5.47. The second-order valence-electron chi connectivity index (χ2n) is 21.1. The van der Waals surface area contributed by atoms with E-state index in [-0.39, 0.29) is 47.0 Å². The van der Waals surface area contributed by atoms with Crippen molar-refractivity contribution in [3.05, 3.63) is 11.6 Å². The standard InChI is InChI=1S/C44H70O14/c1-21-30(48)31(49)33(51)37(55-21)58-38(53)40(5)15-14-39(4)16-17-42(7)24(25(39)19-40)10-11-27-43(42,8)13-12-26-41(6,28(46)18-29(47)44(26,27)9)20-54-36-34(52)32(50)35(22(2)56-36)57-23(3)45/h10,21-22,25-37,46-52H,11-20H2,1-9H3. The normalized spacial score (nSPS) is 55.4. The summed E-state index contributed by atoms with van der Waals surface area (Å²) in [4.78, 5) is 25.7. The average molecular weight is 823 g/mol. The lowest BCUT2D eigenvalue weighted by atomic mass is 9.33. The first-order chi connectivity index (χ1) is 26.9. The van der Waals surface area contributed by atoms with Gasteiger partial charge in [-0.25, -0.2) is 0 Å². The monoisotopic (exact) mass is 822 g/mol. The van der Waals surface area contributed by atoms with Gasteiger partial charge in [-0.15, -0.1) is 0 Å². The van der Waals surface area contributed by atoms with Crippen LogP contribution >= 0.6 is 0 Å².